The number of benzene rings is 1. The van der Waals surface area contributed by atoms with E-state index in [4.69, 9.17) is 11.6 Å². The highest BCUT2D eigenvalue weighted by molar-refractivity contribution is 7.92. The lowest BCUT2D eigenvalue weighted by molar-refractivity contribution is 0.600. The van der Waals surface area contributed by atoms with E-state index in [-0.39, 0.29) is 10.7 Å². The van der Waals surface area contributed by atoms with Crippen LogP contribution in [0.1, 0.15) is 16.8 Å². The Labute approximate surface area is 158 Å². The van der Waals surface area contributed by atoms with Gasteiger partial charge in [-0.25, -0.2) is 13.4 Å². The molecule has 0 bridgehead atoms. The summed E-state index contributed by atoms with van der Waals surface area (Å²) in [6.45, 7) is 1.67. The number of hydrogen-bond donors (Lipinski definition) is 1. The number of nitrogens with zero attached hydrogens (tertiary/aromatic N) is 2. The van der Waals surface area contributed by atoms with Crippen molar-refractivity contribution in [3.05, 3.63) is 82.8 Å². The predicted octanol–water partition coefficient (Wildman–Crippen LogP) is 4.02. The molecule has 26 heavy (non-hydrogen) atoms. The summed E-state index contributed by atoms with van der Waals surface area (Å²) in [6.07, 6.45) is 5.02. The molecule has 0 fully saturated rings. The molecule has 0 spiro atoms. The van der Waals surface area contributed by atoms with Gasteiger partial charge in [-0.2, -0.15) is 0 Å². The van der Waals surface area contributed by atoms with E-state index in [0.717, 1.165) is 24.1 Å². The second-order valence-corrected chi connectivity index (χ2v) is 7.90. The molecule has 134 valence electrons. The summed E-state index contributed by atoms with van der Waals surface area (Å²) in [5.74, 6) is 0.269. The van der Waals surface area contributed by atoms with Crippen LogP contribution in [0, 0.1) is 6.92 Å². The first-order chi connectivity index (χ1) is 12.5. The maximum absolute atomic E-state index is 12.6. The summed E-state index contributed by atoms with van der Waals surface area (Å²) in [7, 11) is -3.74. The molecule has 5 nitrogen and oxygen atoms in total. The summed E-state index contributed by atoms with van der Waals surface area (Å²) in [5, 5.41) is 0.408. The third-order valence-corrected chi connectivity index (χ3v) is 5.88. The van der Waals surface area contributed by atoms with Crippen molar-refractivity contribution in [1.82, 2.24) is 9.97 Å². The number of nitrogens with one attached hydrogen (secondary N) is 1. The van der Waals surface area contributed by atoms with Gasteiger partial charge in [0.05, 0.1) is 4.90 Å². The van der Waals surface area contributed by atoms with Crippen LogP contribution in [0.25, 0.3) is 0 Å². The third kappa shape index (κ3) is 4.39. The van der Waals surface area contributed by atoms with Crippen LogP contribution in [0.15, 0.2) is 65.8 Å². The molecular formula is C19H18ClN3O2S. The van der Waals surface area contributed by atoms with Crippen LogP contribution in [0.2, 0.25) is 5.02 Å². The fourth-order valence-corrected chi connectivity index (χ4v) is 4.03. The molecule has 0 atom stereocenters. The van der Waals surface area contributed by atoms with Crippen LogP contribution in [-0.4, -0.2) is 18.4 Å². The van der Waals surface area contributed by atoms with Crippen molar-refractivity contribution in [3.8, 4) is 0 Å². The molecule has 0 aliphatic carbocycles. The largest absolute Gasteiger partial charge is 0.263 e. The molecular weight excluding hydrogens is 370 g/mol. The molecule has 0 saturated heterocycles. The quantitative estimate of drug-likeness (QED) is 0.693. The van der Waals surface area contributed by atoms with Gasteiger partial charge in [0.15, 0.2) is 0 Å². The smallest absolute Gasteiger partial charge is 0.263 e. The monoisotopic (exact) mass is 387 g/mol. The molecule has 1 N–H and O–H groups in total. The SMILES string of the molecule is Cc1c(Cl)cccc1S(=O)(=O)Nc1ccc(CCc2ccccn2)cn1. The lowest BCUT2D eigenvalue weighted by Gasteiger charge is -2.11. The fraction of sp³-hybridized carbons (Fsp3) is 0.158. The Morgan fingerprint density at radius 3 is 2.54 bits per heavy atom. The van der Waals surface area contributed by atoms with Gasteiger partial charge in [0.2, 0.25) is 0 Å². The molecule has 3 rings (SSSR count). The zero-order chi connectivity index (χ0) is 18.6. The number of sulfonamides is 1. The van der Waals surface area contributed by atoms with Crippen molar-refractivity contribution in [1.29, 1.82) is 0 Å². The van der Waals surface area contributed by atoms with Crippen molar-refractivity contribution in [2.24, 2.45) is 0 Å². The highest BCUT2D eigenvalue weighted by Gasteiger charge is 2.18. The lowest BCUT2D eigenvalue weighted by Crippen LogP contribution is -2.15. The average molecular weight is 388 g/mol. The van der Waals surface area contributed by atoms with Crippen LogP contribution in [0.5, 0.6) is 0 Å². The van der Waals surface area contributed by atoms with Crippen LogP contribution in [-0.2, 0) is 22.9 Å². The number of aryl methyl sites for hydroxylation is 2. The molecule has 0 aliphatic heterocycles. The Kier molecular flexibility index (Phi) is 5.54. The lowest BCUT2D eigenvalue weighted by atomic mass is 10.1. The van der Waals surface area contributed by atoms with Gasteiger partial charge in [0.1, 0.15) is 5.82 Å². The van der Waals surface area contributed by atoms with Crippen molar-refractivity contribution in [2.45, 2.75) is 24.7 Å². The Morgan fingerprint density at radius 1 is 1.00 bits per heavy atom. The fourth-order valence-electron chi connectivity index (χ4n) is 2.52. The van der Waals surface area contributed by atoms with E-state index in [0.29, 0.717) is 10.6 Å². The maximum Gasteiger partial charge on any atom is 0.263 e. The van der Waals surface area contributed by atoms with Crippen LogP contribution in [0.3, 0.4) is 0 Å². The number of aromatic nitrogens is 2. The highest BCUT2D eigenvalue weighted by Crippen LogP contribution is 2.24. The minimum Gasteiger partial charge on any atom is -0.263 e. The second kappa shape index (κ2) is 7.85. The van der Waals surface area contributed by atoms with E-state index in [2.05, 4.69) is 14.7 Å². The summed E-state index contributed by atoms with van der Waals surface area (Å²) in [5.41, 5.74) is 2.53. The first kappa shape index (κ1) is 18.4. The van der Waals surface area contributed by atoms with Crippen molar-refractivity contribution in [2.75, 3.05) is 4.72 Å². The zero-order valence-corrected chi connectivity index (χ0v) is 15.8. The van der Waals surface area contributed by atoms with Crippen LogP contribution < -0.4 is 4.72 Å². The number of pyridine rings is 2. The molecule has 2 heterocycles. The molecule has 1 aromatic carbocycles. The van der Waals surface area contributed by atoms with E-state index < -0.39 is 10.0 Å². The molecule has 2 aromatic heterocycles. The van der Waals surface area contributed by atoms with Gasteiger partial charge in [-0.3, -0.25) is 9.71 Å². The maximum atomic E-state index is 12.6. The van der Waals surface area contributed by atoms with Gasteiger partial charge in [-0.1, -0.05) is 29.8 Å². The van der Waals surface area contributed by atoms with Gasteiger partial charge < -0.3 is 0 Å². The van der Waals surface area contributed by atoms with E-state index >= 15 is 0 Å². The van der Waals surface area contributed by atoms with E-state index in [1.807, 2.05) is 24.3 Å². The van der Waals surface area contributed by atoms with Crippen molar-refractivity contribution >= 4 is 27.4 Å². The predicted molar refractivity (Wildman–Crippen MR) is 103 cm³/mol. The standard InChI is InChI=1S/C19H18ClN3O2S/c1-14-17(20)6-4-7-18(14)26(24,25)23-19-11-9-15(13-22-19)8-10-16-5-2-3-12-21-16/h2-7,9,11-13H,8,10H2,1H3,(H,22,23). The van der Waals surface area contributed by atoms with Gasteiger partial charge in [-0.15, -0.1) is 0 Å². The van der Waals surface area contributed by atoms with E-state index in [9.17, 15) is 8.42 Å². The van der Waals surface area contributed by atoms with E-state index in [1.54, 1.807) is 37.5 Å². The summed E-state index contributed by atoms with van der Waals surface area (Å²) in [6, 6.07) is 14.1. The Balaban J connectivity index is 1.70. The van der Waals surface area contributed by atoms with Crippen LogP contribution >= 0.6 is 11.6 Å². The summed E-state index contributed by atoms with van der Waals surface area (Å²) >= 11 is 6.02. The Morgan fingerprint density at radius 2 is 1.85 bits per heavy atom. The average Bonchev–Trinajstić information content (AvgIpc) is 2.64. The highest BCUT2D eigenvalue weighted by atomic mass is 35.5. The summed E-state index contributed by atoms with van der Waals surface area (Å²) < 4.78 is 27.6. The molecule has 0 radical (unpaired) electrons. The van der Waals surface area contributed by atoms with Gasteiger partial charge in [-0.05, 0) is 61.2 Å². The van der Waals surface area contributed by atoms with Crippen molar-refractivity contribution < 1.29 is 8.42 Å². The van der Waals surface area contributed by atoms with Crippen LogP contribution in [0.4, 0.5) is 5.82 Å². The van der Waals surface area contributed by atoms with Gasteiger partial charge >= 0.3 is 0 Å². The van der Waals surface area contributed by atoms with E-state index in [1.165, 1.54) is 6.07 Å². The molecule has 0 saturated carbocycles. The topological polar surface area (TPSA) is 72.0 Å². The summed E-state index contributed by atoms with van der Waals surface area (Å²) in [4.78, 5) is 8.64. The Hall–Kier alpha value is -2.44. The number of halogens is 1. The second-order valence-electron chi connectivity index (χ2n) is 5.84. The third-order valence-electron chi connectivity index (χ3n) is 3.97. The van der Waals surface area contributed by atoms with Gasteiger partial charge in [0, 0.05) is 23.1 Å². The molecule has 7 heteroatoms. The molecule has 3 aromatic rings. The number of anilines is 1. The first-order valence-corrected chi connectivity index (χ1v) is 9.94. The molecule has 0 amide bonds. The zero-order valence-electron chi connectivity index (χ0n) is 14.2. The number of rotatable bonds is 6. The number of hydrogen-bond acceptors (Lipinski definition) is 4. The molecule has 0 unspecified atom stereocenters. The van der Waals surface area contributed by atoms with Gasteiger partial charge in [0.25, 0.3) is 10.0 Å². The molecule has 0 aliphatic rings. The van der Waals surface area contributed by atoms with Crippen molar-refractivity contribution in [3.63, 3.8) is 0 Å². The normalized spacial score (nSPS) is 11.3. The first-order valence-electron chi connectivity index (χ1n) is 8.08. The Bertz CT molecular complexity index is 991. The minimum atomic E-state index is -3.74. The minimum absolute atomic E-state index is 0.144.